The van der Waals surface area contributed by atoms with E-state index in [2.05, 4.69) is 38.5 Å². The van der Waals surface area contributed by atoms with Crippen LogP contribution in [0.25, 0.3) is 33.3 Å². The Kier molecular flexibility index (Phi) is 6.82. The molecule has 0 spiro atoms. The minimum atomic E-state index is -0.431. The van der Waals surface area contributed by atoms with Crippen molar-refractivity contribution in [3.05, 3.63) is 82.3 Å². The zero-order valence-electron chi connectivity index (χ0n) is 20.0. The molecule has 0 fully saturated rings. The molecule has 0 aliphatic carbocycles. The topological polar surface area (TPSA) is 96.6 Å². The van der Waals surface area contributed by atoms with Crippen molar-refractivity contribution in [2.75, 3.05) is 12.4 Å². The fourth-order valence-electron chi connectivity index (χ4n) is 4.08. The van der Waals surface area contributed by atoms with Gasteiger partial charge in [-0.2, -0.15) is 0 Å². The highest BCUT2D eigenvalue weighted by molar-refractivity contribution is 9.10. The van der Waals surface area contributed by atoms with E-state index in [0.717, 1.165) is 28.3 Å². The highest BCUT2D eigenvalue weighted by Crippen LogP contribution is 2.37. The number of nitrogens with one attached hydrogen (secondary N) is 2. The van der Waals surface area contributed by atoms with Gasteiger partial charge in [0.15, 0.2) is 10.7 Å². The first-order valence-electron chi connectivity index (χ1n) is 11.5. The maximum Gasteiger partial charge on any atom is 0.261 e. The summed E-state index contributed by atoms with van der Waals surface area (Å²) in [5, 5.41) is 18.1. The summed E-state index contributed by atoms with van der Waals surface area (Å²) >= 11 is 8.89. The molecule has 5 rings (SSSR count). The zero-order valence-corrected chi connectivity index (χ0v) is 22.4. The molecule has 0 saturated carbocycles. The molecule has 0 aliphatic heterocycles. The molecule has 3 N–H and O–H groups in total. The van der Waals surface area contributed by atoms with E-state index in [0.29, 0.717) is 38.5 Å². The maximum absolute atomic E-state index is 13.0. The lowest BCUT2D eigenvalue weighted by atomic mass is 10.1. The number of aromatic hydroxyl groups is 1. The van der Waals surface area contributed by atoms with Crippen LogP contribution in [0.15, 0.2) is 75.6 Å². The Bertz CT molecular complexity index is 1680. The number of aryl methyl sites for hydroxylation is 1. The average molecular weight is 576 g/mol. The Morgan fingerprint density at radius 1 is 1.14 bits per heavy atom. The minimum Gasteiger partial charge on any atom is -0.507 e. The number of halogens is 1. The van der Waals surface area contributed by atoms with Gasteiger partial charge in [0, 0.05) is 11.8 Å². The lowest BCUT2D eigenvalue weighted by Crippen LogP contribution is -2.34. The van der Waals surface area contributed by atoms with Gasteiger partial charge >= 0.3 is 0 Å². The van der Waals surface area contributed by atoms with Gasteiger partial charge in [0.25, 0.3) is 5.91 Å². The van der Waals surface area contributed by atoms with Gasteiger partial charge in [0.05, 0.1) is 22.7 Å². The minimum absolute atomic E-state index is 0.0403. The number of hydrogen-bond donors (Lipinski definition) is 3. The van der Waals surface area contributed by atoms with Crippen molar-refractivity contribution in [1.82, 2.24) is 10.3 Å². The van der Waals surface area contributed by atoms with Crippen LogP contribution in [0.4, 0.5) is 5.69 Å². The van der Waals surface area contributed by atoms with Crippen LogP contribution in [0.2, 0.25) is 0 Å². The Hall–Kier alpha value is -3.95. The van der Waals surface area contributed by atoms with Crippen molar-refractivity contribution in [3.63, 3.8) is 0 Å². The molecule has 9 heteroatoms. The molecule has 0 bridgehead atoms. The predicted octanol–water partition coefficient (Wildman–Crippen LogP) is 6.81. The van der Waals surface area contributed by atoms with E-state index < -0.39 is 5.91 Å². The summed E-state index contributed by atoms with van der Waals surface area (Å²) in [6.07, 6.45) is 0.894. The number of rotatable bonds is 5. The molecular formula is C28H22BrN3O4S. The summed E-state index contributed by atoms with van der Waals surface area (Å²) in [5.41, 5.74) is 3.80. The molecule has 0 unspecified atom stereocenters. The van der Waals surface area contributed by atoms with Crippen LogP contribution in [0.3, 0.4) is 0 Å². The molecule has 5 aromatic rings. The van der Waals surface area contributed by atoms with Gasteiger partial charge < -0.3 is 19.6 Å². The van der Waals surface area contributed by atoms with Gasteiger partial charge in [-0.3, -0.25) is 10.1 Å². The second-order valence-electron chi connectivity index (χ2n) is 8.31. The van der Waals surface area contributed by atoms with Gasteiger partial charge in [-0.1, -0.05) is 37.3 Å². The maximum atomic E-state index is 13.0. The summed E-state index contributed by atoms with van der Waals surface area (Å²) in [4.78, 5) is 17.6. The van der Waals surface area contributed by atoms with E-state index in [-0.39, 0.29) is 10.9 Å². The van der Waals surface area contributed by atoms with E-state index in [9.17, 15) is 9.90 Å². The lowest BCUT2D eigenvalue weighted by molar-refractivity contribution is 0.0975. The number of carbonyl (C=O) groups is 1. The van der Waals surface area contributed by atoms with Gasteiger partial charge in [-0.15, -0.1) is 0 Å². The van der Waals surface area contributed by atoms with Crippen molar-refractivity contribution in [3.8, 4) is 23.0 Å². The second kappa shape index (κ2) is 10.2. The van der Waals surface area contributed by atoms with Crippen molar-refractivity contribution >= 4 is 66.7 Å². The Morgan fingerprint density at radius 2 is 1.95 bits per heavy atom. The normalized spacial score (nSPS) is 11.0. The molecule has 0 saturated heterocycles. The summed E-state index contributed by atoms with van der Waals surface area (Å²) in [5.74, 6) is 0.253. The summed E-state index contributed by atoms with van der Waals surface area (Å²) in [6.45, 7) is 2.07. The van der Waals surface area contributed by atoms with E-state index in [1.807, 2.05) is 42.5 Å². The molecule has 1 heterocycles. The van der Waals surface area contributed by atoms with Crippen LogP contribution < -0.4 is 15.4 Å². The van der Waals surface area contributed by atoms with Gasteiger partial charge in [0.2, 0.25) is 5.89 Å². The first-order valence-corrected chi connectivity index (χ1v) is 12.7. The first kappa shape index (κ1) is 24.7. The van der Waals surface area contributed by atoms with Gasteiger partial charge in [-0.25, -0.2) is 4.98 Å². The molecule has 7 nitrogen and oxygen atoms in total. The lowest BCUT2D eigenvalue weighted by Gasteiger charge is -2.15. The Labute approximate surface area is 226 Å². The second-order valence-corrected chi connectivity index (χ2v) is 9.51. The largest absolute Gasteiger partial charge is 0.507 e. The van der Waals surface area contributed by atoms with Crippen LogP contribution in [-0.4, -0.2) is 28.2 Å². The molecule has 0 atom stereocenters. The number of carbonyl (C=O) groups excluding carboxylic acids is 1. The van der Waals surface area contributed by atoms with E-state index >= 15 is 0 Å². The number of phenols is 1. The number of oxazole rings is 1. The van der Waals surface area contributed by atoms with Gasteiger partial charge in [-0.05, 0) is 81.2 Å². The number of nitrogens with zero attached hydrogens (tertiary/aromatic N) is 1. The third-order valence-electron chi connectivity index (χ3n) is 5.96. The van der Waals surface area contributed by atoms with Crippen LogP contribution in [0.1, 0.15) is 22.8 Å². The van der Waals surface area contributed by atoms with Crippen LogP contribution in [0, 0.1) is 0 Å². The average Bonchev–Trinajstić information content (AvgIpc) is 3.31. The highest BCUT2D eigenvalue weighted by Gasteiger charge is 2.19. The van der Waals surface area contributed by atoms with E-state index in [1.54, 1.807) is 18.2 Å². The Balaban J connectivity index is 1.33. The standard InChI is InChI=1S/C28H22BrN3O4S/c1-3-15-8-11-23-21(12-15)31-27(36-23)19-10-9-17(14-22(19)33)30-28(37)32-26(34)20-13-16-6-4-5-7-18(16)24(29)25(20)35-2/h4-14,33H,3H2,1-2H3,(H2,30,32,34,37). The Morgan fingerprint density at radius 3 is 2.70 bits per heavy atom. The quantitative estimate of drug-likeness (QED) is 0.198. The summed E-state index contributed by atoms with van der Waals surface area (Å²) in [7, 11) is 1.51. The number of hydrogen-bond acceptors (Lipinski definition) is 6. The highest BCUT2D eigenvalue weighted by atomic mass is 79.9. The predicted molar refractivity (Wildman–Crippen MR) is 152 cm³/mol. The molecule has 0 aliphatic rings. The smallest absolute Gasteiger partial charge is 0.261 e. The molecule has 37 heavy (non-hydrogen) atoms. The first-order chi connectivity index (χ1) is 17.9. The SMILES string of the molecule is CCc1ccc2oc(-c3ccc(NC(=S)NC(=O)c4cc5ccccc5c(Br)c4OC)cc3O)nc2c1. The molecule has 1 aromatic heterocycles. The third-order valence-corrected chi connectivity index (χ3v) is 6.95. The summed E-state index contributed by atoms with van der Waals surface area (Å²) < 4.78 is 12.0. The number of thiocarbonyl (C=S) groups is 1. The number of methoxy groups -OCH3 is 1. The monoisotopic (exact) mass is 575 g/mol. The van der Waals surface area contributed by atoms with E-state index in [1.165, 1.54) is 13.2 Å². The van der Waals surface area contributed by atoms with Crippen molar-refractivity contribution in [1.29, 1.82) is 0 Å². The molecule has 186 valence electrons. The van der Waals surface area contributed by atoms with Crippen LogP contribution in [0.5, 0.6) is 11.5 Å². The molecular weight excluding hydrogens is 554 g/mol. The number of anilines is 1. The zero-order chi connectivity index (χ0) is 26.1. The van der Waals surface area contributed by atoms with Crippen LogP contribution in [-0.2, 0) is 6.42 Å². The summed E-state index contributed by atoms with van der Waals surface area (Å²) in [6, 6.07) is 20.1. The number of ether oxygens (including phenoxy) is 1. The third kappa shape index (κ3) is 4.87. The molecule has 0 radical (unpaired) electrons. The number of fused-ring (bicyclic) bond motifs is 2. The van der Waals surface area contributed by atoms with Crippen molar-refractivity contribution in [2.24, 2.45) is 0 Å². The van der Waals surface area contributed by atoms with Gasteiger partial charge in [0.1, 0.15) is 17.0 Å². The van der Waals surface area contributed by atoms with Crippen molar-refractivity contribution in [2.45, 2.75) is 13.3 Å². The number of phenolic OH excluding ortho intramolecular Hbond substituents is 1. The number of aromatic nitrogens is 1. The van der Waals surface area contributed by atoms with Crippen LogP contribution >= 0.6 is 28.1 Å². The molecule has 1 amide bonds. The fraction of sp³-hybridized carbons (Fsp3) is 0.107. The van der Waals surface area contributed by atoms with Crippen molar-refractivity contribution < 1.29 is 19.1 Å². The number of amides is 1. The number of benzene rings is 4. The van der Waals surface area contributed by atoms with E-state index in [4.69, 9.17) is 21.4 Å². The fourth-order valence-corrected chi connectivity index (χ4v) is 5.03. The molecule has 4 aromatic carbocycles.